The molecule has 0 unspecified atom stereocenters. The molecular formula is C28H25F2N3O2. The van der Waals surface area contributed by atoms with Gasteiger partial charge >= 0.3 is 0 Å². The van der Waals surface area contributed by atoms with Gasteiger partial charge in [0, 0.05) is 43.4 Å². The van der Waals surface area contributed by atoms with Crippen molar-refractivity contribution in [3.63, 3.8) is 0 Å². The quantitative estimate of drug-likeness (QED) is 0.369. The summed E-state index contributed by atoms with van der Waals surface area (Å²) in [6.45, 7) is 1.17. The van der Waals surface area contributed by atoms with Crippen LogP contribution in [0.15, 0.2) is 77.5 Å². The maximum atomic E-state index is 14.0. The molecule has 1 saturated heterocycles. The number of carbonyl (C=O) groups excluding carboxylic acids is 1. The first-order valence-corrected chi connectivity index (χ1v) is 11.7. The lowest BCUT2D eigenvalue weighted by molar-refractivity contribution is 0.0697. The third-order valence-electron chi connectivity index (χ3n) is 6.31. The minimum absolute atomic E-state index is 0.00869. The van der Waals surface area contributed by atoms with Crippen molar-refractivity contribution in [3.05, 3.63) is 119 Å². The summed E-state index contributed by atoms with van der Waals surface area (Å²) in [4.78, 5) is 23.9. The maximum Gasteiger partial charge on any atom is 0.253 e. The van der Waals surface area contributed by atoms with Gasteiger partial charge in [-0.15, -0.1) is 0 Å². The Labute approximate surface area is 202 Å². The molecule has 0 aliphatic carbocycles. The molecule has 1 aliphatic rings. The van der Waals surface area contributed by atoms with E-state index in [0.717, 1.165) is 18.4 Å². The van der Waals surface area contributed by atoms with Gasteiger partial charge in [0.15, 0.2) is 5.89 Å². The van der Waals surface area contributed by atoms with E-state index in [2.05, 4.69) is 9.97 Å². The molecule has 4 aromatic rings. The lowest BCUT2D eigenvalue weighted by atomic mass is 9.97. The number of carbonyl (C=O) groups is 1. The summed E-state index contributed by atoms with van der Waals surface area (Å²) in [6, 6.07) is 16.3. The van der Waals surface area contributed by atoms with Crippen LogP contribution in [0.4, 0.5) is 8.78 Å². The second kappa shape index (κ2) is 10.2. The molecule has 2 aromatic heterocycles. The highest BCUT2D eigenvalue weighted by Crippen LogP contribution is 2.28. The van der Waals surface area contributed by atoms with E-state index in [1.54, 1.807) is 54.9 Å². The molecule has 5 rings (SSSR count). The predicted octanol–water partition coefficient (Wildman–Crippen LogP) is 5.55. The number of rotatable bonds is 6. The number of pyridine rings is 1. The molecule has 1 aliphatic heterocycles. The zero-order chi connectivity index (χ0) is 24.2. The molecule has 1 fully saturated rings. The van der Waals surface area contributed by atoms with Crippen molar-refractivity contribution >= 4 is 5.91 Å². The molecule has 3 heterocycles. The first-order chi connectivity index (χ1) is 17.0. The van der Waals surface area contributed by atoms with Gasteiger partial charge in [0.2, 0.25) is 0 Å². The molecule has 178 valence electrons. The van der Waals surface area contributed by atoms with Crippen LogP contribution in [0.25, 0.3) is 0 Å². The number of piperidine rings is 1. The number of oxazole rings is 1. The van der Waals surface area contributed by atoms with Crippen molar-refractivity contribution in [2.75, 3.05) is 13.1 Å². The molecule has 35 heavy (non-hydrogen) atoms. The second-order valence-corrected chi connectivity index (χ2v) is 8.86. The first kappa shape index (κ1) is 22.9. The van der Waals surface area contributed by atoms with E-state index in [1.165, 1.54) is 18.2 Å². The number of hydrogen-bond donors (Lipinski definition) is 0. The highest BCUT2D eigenvalue weighted by atomic mass is 19.1. The second-order valence-electron chi connectivity index (χ2n) is 8.86. The van der Waals surface area contributed by atoms with Crippen molar-refractivity contribution in [2.45, 2.75) is 31.6 Å². The average Bonchev–Trinajstić information content (AvgIpc) is 3.35. The molecular weight excluding hydrogens is 448 g/mol. The van der Waals surface area contributed by atoms with E-state index >= 15 is 0 Å². The Bertz CT molecular complexity index is 1320. The Kier molecular flexibility index (Phi) is 6.66. The van der Waals surface area contributed by atoms with Gasteiger partial charge in [0.05, 0.1) is 12.1 Å². The molecule has 0 saturated carbocycles. The summed E-state index contributed by atoms with van der Waals surface area (Å²) in [7, 11) is 0. The van der Waals surface area contributed by atoms with Crippen LogP contribution in [0.1, 0.15) is 57.6 Å². The summed E-state index contributed by atoms with van der Waals surface area (Å²) in [5.74, 6) is 0.707. The number of likely N-dealkylation sites (tertiary alicyclic amines) is 1. The number of hydrogen-bond acceptors (Lipinski definition) is 4. The van der Waals surface area contributed by atoms with Gasteiger partial charge in [-0.1, -0.05) is 30.3 Å². The Hall–Kier alpha value is -3.87. The summed E-state index contributed by atoms with van der Waals surface area (Å²) >= 11 is 0. The van der Waals surface area contributed by atoms with Crippen LogP contribution >= 0.6 is 0 Å². The fourth-order valence-electron chi connectivity index (χ4n) is 4.49. The van der Waals surface area contributed by atoms with Crippen molar-refractivity contribution in [1.29, 1.82) is 0 Å². The standard InChI is InChI=1S/C28H25F2N3O2/c29-23-9-7-19(8-10-23)14-25-17-32-27(35-25)22-5-3-13-33(18-22)28(34)21-11-12-31-24(16-21)15-20-4-1-2-6-26(20)30/h1-2,4,6-12,16-17,22H,3,5,13-15,18H2/t22-/m1/s1. The van der Waals surface area contributed by atoms with Gasteiger partial charge < -0.3 is 9.32 Å². The molecule has 7 heteroatoms. The van der Waals surface area contributed by atoms with Gasteiger partial charge in [0.1, 0.15) is 17.4 Å². The van der Waals surface area contributed by atoms with E-state index in [1.807, 2.05) is 4.90 Å². The van der Waals surface area contributed by atoms with E-state index in [-0.39, 0.29) is 23.5 Å². The molecule has 0 spiro atoms. The average molecular weight is 474 g/mol. The SMILES string of the molecule is O=C(c1ccnc(Cc2ccccc2F)c1)N1CCC[C@@H](c2ncc(Cc3ccc(F)cc3)o2)C1. The highest BCUT2D eigenvalue weighted by molar-refractivity contribution is 5.94. The Morgan fingerprint density at radius 2 is 1.86 bits per heavy atom. The van der Waals surface area contributed by atoms with Gasteiger partial charge in [0.25, 0.3) is 5.91 Å². The third kappa shape index (κ3) is 5.45. The molecule has 0 radical (unpaired) electrons. The van der Waals surface area contributed by atoms with Crippen LogP contribution in [-0.4, -0.2) is 33.9 Å². The lowest BCUT2D eigenvalue weighted by Crippen LogP contribution is -2.39. The molecule has 0 N–H and O–H groups in total. The number of halogens is 2. The summed E-state index contributed by atoms with van der Waals surface area (Å²) in [6.07, 6.45) is 5.89. The van der Waals surface area contributed by atoms with Crippen molar-refractivity contribution < 1.29 is 18.0 Å². The Balaban J connectivity index is 1.25. The van der Waals surface area contributed by atoms with Crippen LogP contribution in [0, 0.1) is 11.6 Å². The van der Waals surface area contributed by atoms with E-state index in [0.29, 0.717) is 54.4 Å². The number of aromatic nitrogens is 2. The number of nitrogens with zero attached hydrogens (tertiary/aromatic N) is 3. The zero-order valence-corrected chi connectivity index (χ0v) is 19.2. The minimum Gasteiger partial charge on any atom is -0.445 e. The van der Waals surface area contributed by atoms with Gasteiger partial charge in [-0.25, -0.2) is 13.8 Å². The molecule has 1 amide bonds. The fourth-order valence-corrected chi connectivity index (χ4v) is 4.49. The molecule has 2 aromatic carbocycles. The zero-order valence-electron chi connectivity index (χ0n) is 19.2. The van der Waals surface area contributed by atoms with Crippen molar-refractivity contribution in [3.8, 4) is 0 Å². The smallest absolute Gasteiger partial charge is 0.253 e. The highest BCUT2D eigenvalue weighted by Gasteiger charge is 2.28. The summed E-state index contributed by atoms with van der Waals surface area (Å²) < 4.78 is 33.2. The van der Waals surface area contributed by atoms with E-state index in [9.17, 15) is 13.6 Å². The predicted molar refractivity (Wildman–Crippen MR) is 127 cm³/mol. The summed E-state index contributed by atoms with van der Waals surface area (Å²) in [5, 5.41) is 0. The van der Waals surface area contributed by atoms with Crippen LogP contribution < -0.4 is 0 Å². The van der Waals surface area contributed by atoms with E-state index in [4.69, 9.17) is 4.42 Å². The number of amides is 1. The van der Waals surface area contributed by atoms with E-state index < -0.39 is 0 Å². The molecule has 1 atom stereocenters. The van der Waals surface area contributed by atoms with Crippen LogP contribution in [0.2, 0.25) is 0 Å². The fraction of sp³-hybridized carbons (Fsp3) is 0.250. The van der Waals surface area contributed by atoms with Gasteiger partial charge in [-0.05, 0) is 54.3 Å². The molecule has 5 nitrogen and oxygen atoms in total. The third-order valence-corrected chi connectivity index (χ3v) is 6.31. The van der Waals surface area contributed by atoms with Crippen LogP contribution in [0.3, 0.4) is 0 Å². The lowest BCUT2D eigenvalue weighted by Gasteiger charge is -2.31. The Morgan fingerprint density at radius 3 is 2.69 bits per heavy atom. The topological polar surface area (TPSA) is 59.2 Å². The van der Waals surface area contributed by atoms with Crippen LogP contribution in [-0.2, 0) is 12.8 Å². The summed E-state index contributed by atoms with van der Waals surface area (Å²) in [5.41, 5.74) is 2.67. The minimum atomic E-state index is -0.283. The molecule has 0 bridgehead atoms. The largest absolute Gasteiger partial charge is 0.445 e. The van der Waals surface area contributed by atoms with Gasteiger partial charge in [-0.2, -0.15) is 0 Å². The van der Waals surface area contributed by atoms with Crippen molar-refractivity contribution in [2.24, 2.45) is 0 Å². The van der Waals surface area contributed by atoms with Gasteiger partial charge in [-0.3, -0.25) is 9.78 Å². The maximum absolute atomic E-state index is 14.0. The van der Waals surface area contributed by atoms with Crippen LogP contribution in [0.5, 0.6) is 0 Å². The monoisotopic (exact) mass is 473 g/mol. The Morgan fingerprint density at radius 1 is 1.03 bits per heavy atom. The number of benzene rings is 2. The normalized spacial score (nSPS) is 15.8. The van der Waals surface area contributed by atoms with Crippen molar-refractivity contribution in [1.82, 2.24) is 14.9 Å². The first-order valence-electron chi connectivity index (χ1n) is 11.7.